The minimum absolute atomic E-state index is 0.0236. The van der Waals surface area contributed by atoms with E-state index in [2.05, 4.69) is 10.0 Å². The van der Waals surface area contributed by atoms with E-state index in [1.54, 1.807) is 18.2 Å². The lowest BCUT2D eigenvalue weighted by molar-refractivity contribution is -0.385. The first-order chi connectivity index (χ1) is 14.7. The maximum absolute atomic E-state index is 13.1. The van der Waals surface area contributed by atoms with Crippen molar-refractivity contribution < 1.29 is 22.5 Å². The monoisotopic (exact) mass is 463 g/mol. The Kier molecular flexibility index (Phi) is 6.78. The molecule has 3 aromatic rings. The quantitative estimate of drug-likeness (QED) is 0.301. The number of rotatable bonds is 8. The van der Waals surface area contributed by atoms with Crippen LogP contribution in [0.1, 0.15) is 15.2 Å². The standard InChI is InChI=1S/C20H18FN3O5S2/c1-13-11-18(30-19(13)14-5-7-15(21)8-6-14)20(25)22-9-10-23-31(28,29)17-4-2-3-16(12-17)24(26)27/h2-8,11-12,23H,9-10H2,1H3,(H,22,25). The zero-order valence-electron chi connectivity index (χ0n) is 16.3. The van der Waals surface area contributed by atoms with Crippen molar-refractivity contribution in [3.8, 4) is 10.4 Å². The van der Waals surface area contributed by atoms with E-state index in [9.17, 15) is 27.7 Å². The largest absolute Gasteiger partial charge is 0.350 e. The number of hydrogen-bond donors (Lipinski definition) is 2. The average molecular weight is 464 g/mol. The van der Waals surface area contributed by atoms with Gasteiger partial charge in [0, 0.05) is 30.1 Å². The van der Waals surface area contributed by atoms with Crippen LogP contribution in [0.15, 0.2) is 59.5 Å². The van der Waals surface area contributed by atoms with Crippen molar-refractivity contribution in [1.29, 1.82) is 0 Å². The summed E-state index contributed by atoms with van der Waals surface area (Å²) in [5.41, 5.74) is 1.34. The molecule has 1 amide bonds. The Morgan fingerprint density at radius 1 is 1.13 bits per heavy atom. The molecule has 0 aliphatic carbocycles. The molecule has 1 heterocycles. The zero-order chi connectivity index (χ0) is 22.6. The van der Waals surface area contributed by atoms with Crippen molar-refractivity contribution in [1.82, 2.24) is 10.0 Å². The summed E-state index contributed by atoms with van der Waals surface area (Å²) in [5, 5.41) is 13.4. The average Bonchev–Trinajstić information content (AvgIpc) is 3.13. The number of nitrogens with one attached hydrogen (secondary N) is 2. The van der Waals surface area contributed by atoms with E-state index in [-0.39, 0.29) is 35.4 Å². The summed E-state index contributed by atoms with van der Waals surface area (Å²) in [5.74, 6) is -0.709. The Balaban J connectivity index is 1.58. The molecule has 2 aromatic carbocycles. The Bertz CT molecular complexity index is 1220. The Morgan fingerprint density at radius 2 is 1.84 bits per heavy atom. The minimum Gasteiger partial charge on any atom is -0.350 e. The lowest BCUT2D eigenvalue weighted by atomic mass is 10.1. The molecule has 0 saturated carbocycles. The molecular weight excluding hydrogens is 445 g/mol. The van der Waals surface area contributed by atoms with E-state index in [1.165, 1.54) is 41.7 Å². The number of nitro groups is 1. The molecule has 8 nitrogen and oxygen atoms in total. The van der Waals surface area contributed by atoms with Gasteiger partial charge >= 0.3 is 0 Å². The van der Waals surface area contributed by atoms with Crippen LogP contribution < -0.4 is 10.0 Å². The molecule has 3 rings (SSSR count). The number of thiophene rings is 1. The number of benzene rings is 2. The van der Waals surface area contributed by atoms with Crippen LogP contribution in [-0.2, 0) is 10.0 Å². The van der Waals surface area contributed by atoms with Crippen molar-refractivity contribution in [3.63, 3.8) is 0 Å². The highest BCUT2D eigenvalue weighted by atomic mass is 32.2. The number of hydrogen-bond acceptors (Lipinski definition) is 6. The zero-order valence-corrected chi connectivity index (χ0v) is 17.9. The first-order valence-electron chi connectivity index (χ1n) is 9.06. The summed E-state index contributed by atoms with van der Waals surface area (Å²) in [7, 11) is -3.95. The van der Waals surface area contributed by atoms with Crippen LogP contribution in [0.3, 0.4) is 0 Å². The lowest BCUT2D eigenvalue weighted by Crippen LogP contribution is -2.34. The van der Waals surface area contributed by atoms with Gasteiger partial charge in [0.05, 0.1) is 14.7 Å². The second-order valence-electron chi connectivity index (χ2n) is 6.54. The minimum atomic E-state index is -3.95. The van der Waals surface area contributed by atoms with Crippen LogP contribution in [0.4, 0.5) is 10.1 Å². The van der Waals surface area contributed by atoms with Gasteiger partial charge in [-0.3, -0.25) is 14.9 Å². The number of halogens is 1. The maximum Gasteiger partial charge on any atom is 0.270 e. The van der Waals surface area contributed by atoms with Crippen LogP contribution in [0, 0.1) is 22.9 Å². The third-order valence-electron chi connectivity index (χ3n) is 4.29. The summed E-state index contributed by atoms with van der Waals surface area (Å²) >= 11 is 1.25. The van der Waals surface area contributed by atoms with Crippen LogP contribution in [-0.4, -0.2) is 32.3 Å². The normalized spacial score (nSPS) is 11.3. The molecule has 11 heteroatoms. The highest BCUT2D eigenvalue weighted by Gasteiger charge is 2.18. The van der Waals surface area contributed by atoms with E-state index < -0.39 is 14.9 Å². The SMILES string of the molecule is Cc1cc(C(=O)NCCNS(=O)(=O)c2cccc([N+](=O)[O-])c2)sc1-c1ccc(F)cc1. The second-order valence-corrected chi connectivity index (χ2v) is 9.36. The number of nitro benzene ring substituents is 1. The van der Waals surface area contributed by atoms with Gasteiger partial charge in [0.1, 0.15) is 5.82 Å². The molecule has 0 fully saturated rings. The molecule has 0 saturated heterocycles. The fraction of sp³-hybridized carbons (Fsp3) is 0.150. The predicted molar refractivity (Wildman–Crippen MR) is 115 cm³/mol. The molecule has 1 aromatic heterocycles. The van der Waals surface area contributed by atoms with Gasteiger partial charge < -0.3 is 5.32 Å². The smallest absolute Gasteiger partial charge is 0.270 e. The third kappa shape index (κ3) is 5.51. The van der Waals surface area contributed by atoms with E-state index in [1.807, 2.05) is 6.92 Å². The number of carbonyl (C=O) groups is 1. The van der Waals surface area contributed by atoms with Crippen molar-refractivity contribution >= 4 is 33.0 Å². The van der Waals surface area contributed by atoms with Gasteiger partial charge in [0.2, 0.25) is 10.0 Å². The van der Waals surface area contributed by atoms with Crippen LogP contribution >= 0.6 is 11.3 Å². The fourth-order valence-electron chi connectivity index (χ4n) is 2.78. The Labute approximate surface area is 181 Å². The van der Waals surface area contributed by atoms with Gasteiger partial charge in [-0.15, -0.1) is 11.3 Å². The predicted octanol–water partition coefficient (Wildman–Crippen LogP) is 3.48. The number of amides is 1. The fourth-order valence-corrected chi connectivity index (χ4v) is 4.94. The summed E-state index contributed by atoms with van der Waals surface area (Å²) in [4.78, 5) is 23.6. The third-order valence-corrected chi connectivity index (χ3v) is 7.03. The van der Waals surface area contributed by atoms with Crippen molar-refractivity contribution in [3.05, 3.63) is 81.0 Å². The second kappa shape index (κ2) is 9.33. The molecule has 31 heavy (non-hydrogen) atoms. The maximum atomic E-state index is 13.1. The topological polar surface area (TPSA) is 118 Å². The molecule has 0 radical (unpaired) electrons. The summed E-state index contributed by atoms with van der Waals surface area (Å²) < 4.78 is 40.0. The van der Waals surface area contributed by atoms with Gasteiger partial charge in [-0.25, -0.2) is 17.5 Å². The summed E-state index contributed by atoms with van der Waals surface area (Å²) in [6.45, 7) is 1.78. The number of aryl methyl sites for hydroxylation is 1. The van der Waals surface area contributed by atoms with Gasteiger partial charge in [0.25, 0.3) is 11.6 Å². The number of nitrogens with zero attached hydrogens (tertiary/aromatic N) is 1. The molecule has 2 N–H and O–H groups in total. The number of sulfonamides is 1. The van der Waals surface area contributed by atoms with E-state index in [0.29, 0.717) is 4.88 Å². The van der Waals surface area contributed by atoms with Gasteiger partial charge in [-0.1, -0.05) is 18.2 Å². The molecule has 162 valence electrons. The van der Waals surface area contributed by atoms with Crippen LogP contribution in [0.25, 0.3) is 10.4 Å². The molecule has 0 bridgehead atoms. The molecular formula is C20H18FN3O5S2. The van der Waals surface area contributed by atoms with Crippen molar-refractivity contribution in [2.75, 3.05) is 13.1 Å². The van der Waals surface area contributed by atoms with Crippen LogP contribution in [0.2, 0.25) is 0 Å². The van der Waals surface area contributed by atoms with Gasteiger partial charge in [0.15, 0.2) is 0 Å². The highest BCUT2D eigenvalue weighted by molar-refractivity contribution is 7.89. The van der Waals surface area contributed by atoms with Gasteiger partial charge in [-0.05, 0) is 42.3 Å². The van der Waals surface area contributed by atoms with Crippen LogP contribution in [0.5, 0.6) is 0 Å². The Hall–Kier alpha value is -3.15. The van der Waals surface area contributed by atoms with E-state index in [4.69, 9.17) is 0 Å². The molecule has 0 aliphatic rings. The van der Waals surface area contributed by atoms with E-state index >= 15 is 0 Å². The van der Waals surface area contributed by atoms with Crippen molar-refractivity contribution in [2.45, 2.75) is 11.8 Å². The van der Waals surface area contributed by atoms with Crippen molar-refractivity contribution in [2.24, 2.45) is 0 Å². The summed E-state index contributed by atoms with van der Waals surface area (Å²) in [6, 6.07) is 12.4. The Morgan fingerprint density at radius 3 is 2.52 bits per heavy atom. The number of carbonyl (C=O) groups excluding carboxylic acids is 1. The lowest BCUT2D eigenvalue weighted by Gasteiger charge is -2.07. The van der Waals surface area contributed by atoms with E-state index in [0.717, 1.165) is 22.1 Å². The molecule has 0 unspecified atom stereocenters. The summed E-state index contributed by atoms with van der Waals surface area (Å²) in [6.07, 6.45) is 0. The first kappa shape index (κ1) is 22.5. The van der Waals surface area contributed by atoms with Gasteiger partial charge in [-0.2, -0.15) is 0 Å². The molecule has 0 aliphatic heterocycles. The number of non-ortho nitro benzene ring substituents is 1. The first-order valence-corrected chi connectivity index (χ1v) is 11.4. The molecule has 0 spiro atoms. The highest BCUT2D eigenvalue weighted by Crippen LogP contribution is 2.32. The molecule has 0 atom stereocenters.